The maximum Gasteiger partial charge on any atom is 0.323 e. The third kappa shape index (κ3) is 6.62. The first-order valence-electron chi connectivity index (χ1n) is 13.4. The monoisotopic (exact) mass is 603 g/mol. The van der Waals surface area contributed by atoms with Gasteiger partial charge in [-0.1, -0.05) is 30.3 Å². The Balaban J connectivity index is 1.39. The fraction of sp³-hybridized carbons (Fsp3) is 0.188. The zero-order valence-corrected chi connectivity index (χ0v) is 24.5. The predicted octanol–water partition coefficient (Wildman–Crippen LogP) is 7.56. The molecular formula is C32H31Cl2N5O3. The number of aliphatic hydroxyl groups is 1. The minimum Gasteiger partial charge on any atom is -0.494 e. The average Bonchev–Trinajstić information content (AvgIpc) is 3.00. The third-order valence-electron chi connectivity index (χ3n) is 6.80. The molecule has 0 aliphatic carbocycles. The van der Waals surface area contributed by atoms with Crippen molar-refractivity contribution in [3.05, 3.63) is 90.5 Å². The summed E-state index contributed by atoms with van der Waals surface area (Å²) < 4.78 is 5.58. The van der Waals surface area contributed by atoms with Crippen molar-refractivity contribution in [1.29, 1.82) is 0 Å². The standard InChI is InChI=1S/C32H31Cl2N5O3/c1-42-29-8-4-6-27-30(26-5-2-3-7-28(26)38-31(27)29)35-23-17-21(20-40)18-24(19-23)37-32(41)36-22-9-11-25(12-10-22)39(15-13-33)16-14-34/h2-12,17-19,40H,13-16,20H2,1H3,(H,35,38)(H2,36,37,41). The van der Waals surface area contributed by atoms with Gasteiger partial charge >= 0.3 is 6.03 Å². The molecule has 0 fully saturated rings. The predicted molar refractivity (Wildman–Crippen MR) is 174 cm³/mol. The number of carbonyl (C=O) groups excluding carboxylic acids is 1. The van der Waals surface area contributed by atoms with Gasteiger partial charge in [-0.25, -0.2) is 9.78 Å². The van der Waals surface area contributed by atoms with E-state index in [9.17, 15) is 9.90 Å². The van der Waals surface area contributed by atoms with E-state index in [2.05, 4.69) is 20.9 Å². The lowest BCUT2D eigenvalue weighted by molar-refractivity contribution is 0.262. The number of benzene rings is 4. The normalized spacial score (nSPS) is 11.0. The summed E-state index contributed by atoms with van der Waals surface area (Å²) in [6, 6.07) is 26.1. The molecule has 1 aromatic heterocycles. The SMILES string of the molecule is COc1cccc2c(Nc3cc(CO)cc(NC(=O)Nc4ccc(N(CCCl)CCCl)cc4)c3)c3ccccc3nc12. The molecule has 0 unspecified atom stereocenters. The quantitative estimate of drug-likeness (QED) is 0.0918. The number of aromatic nitrogens is 1. The van der Waals surface area contributed by atoms with Gasteiger partial charge in [-0.3, -0.25) is 0 Å². The van der Waals surface area contributed by atoms with E-state index in [4.69, 9.17) is 32.9 Å². The van der Waals surface area contributed by atoms with Crippen molar-refractivity contribution in [2.45, 2.75) is 6.61 Å². The van der Waals surface area contributed by atoms with Crippen LogP contribution in [0.4, 0.5) is 33.2 Å². The number of amides is 2. The molecule has 0 atom stereocenters. The van der Waals surface area contributed by atoms with E-state index in [-0.39, 0.29) is 6.61 Å². The first kappa shape index (κ1) is 29.3. The molecule has 5 aromatic rings. The maximum absolute atomic E-state index is 12.9. The second-order valence-corrected chi connectivity index (χ2v) is 10.3. The Kier molecular flexibility index (Phi) is 9.48. The van der Waals surface area contributed by atoms with Crippen LogP contribution >= 0.6 is 23.2 Å². The van der Waals surface area contributed by atoms with Crippen molar-refractivity contribution in [2.75, 3.05) is 52.8 Å². The number of pyridine rings is 1. The first-order valence-corrected chi connectivity index (χ1v) is 14.5. The molecule has 5 rings (SSSR count). The van der Waals surface area contributed by atoms with Crippen LogP contribution in [0.2, 0.25) is 0 Å². The second kappa shape index (κ2) is 13.6. The number of rotatable bonds is 11. The van der Waals surface area contributed by atoms with Crippen LogP contribution in [0.15, 0.2) is 84.9 Å². The fourth-order valence-corrected chi connectivity index (χ4v) is 5.29. The number of aliphatic hydroxyl groups excluding tert-OH is 1. The van der Waals surface area contributed by atoms with Crippen LogP contribution in [0.5, 0.6) is 5.75 Å². The van der Waals surface area contributed by atoms with Crippen LogP contribution in [-0.2, 0) is 6.61 Å². The van der Waals surface area contributed by atoms with Gasteiger partial charge in [0, 0.05) is 58.4 Å². The molecule has 8 nitrogen and oxygen atoms in total. The molecule has 10 heteroatoms. The van der Waals surface area contributed by atoms with Crippen LogP contribution < -0.4 is 25.6 Å². The maximum atomic E-state index is 12.9. The lowest BCUT2D eigenvalue weighted by atomic mass is 10.1. The highest BCUT2D eigenvalue weighted by Gasteiger charge is 2.14. The minimum absolute atomic E-state index is 0.194. The van der Waals surface area contributed by atoms with Crippen LogP contribution in [0, 0.1) is 0 Å². The third-order valence-corrected chi connectivity index (χ3v) is 7.13. The minimum atomic E-state index is -0.410. The van der Waals surface area contributed by atoms with Gasteiger partial charge in [-0.05, 0) is 60.2 Å². The summed E-state index contributed by atoms with van der Waals surface area (Å²) in [7, 11) is 1.62. The van der Waals surface area contributed by atoms with Gasteiger partial charge in [0.05, 0.1) is 24.9 Å². The van der Waals surface area contributed by atoms with Gasteiger partial charge in [0.25, 0.3) is 0 Å². The van der Waals surface area contributed by atoms with E-state index >= 15 is 0 Å². The number of alkyl halides is 2. The number of para-hydroxylation sites is 2. The Hall–Kier alpha value is -4.24. The average molecular weight is 605 g/mol. The van der Waals surface area contributed by atoms with Crippen molar-refractivity contribution in [1.82, 2.24) is 4.98 Å². The van der Waals surface area contributed by atoms with Crippen molar-refractivity contribution in [3.8, 4) is 5.75 Å². The van der Waals surface area contributed by atoms with Crippen LogP contribution in [-0.4, -0.2) is 48.1 Å². The van der Waals surface area contributed by atoms with Crippen molar-refractivity contribution in [3.63, 3.8) is 0 Å². The molecule has 216 valence electrons. The highest BCUT2D eigenvalue weighted by atomic mass is 35.5. The van der Waals surface area contributed by atoms with Crippen molar-refractivity contribution >= 4 is 79.5 Å². The van der Waals surface area contributed by atoms with Gasteiger partial charge in [0.1, 0.15) is 11.3 Å². The lowest BCUT2D eigenvalue weighted by Gasteiger charge is -2.23. The molecule has 0 saturated heterocycles. The number of urea groups is 1. The Bertz CT molecular complexity index is 1690. The molecule has 4 aromatic carbocycles. The zero-order valence-electron chi connectivity index (χ0n) is 23.0. The number of nitrogens with one attached hydrogen (secondary N) is 3. The number of halogens is 2. The summed E-state index contributed by atoms with van der Waals surface area (Å²) in [5, 5.41) is 21.1. The molecule has 0 aliphatic rings. The first-order chi connectivity index (χ1) is 20.5. The van der Waals surface area contributed by atoms with Crippen molar-refractivity contribution in [2.24, 2.45) is 0 Å². The van der Waals surface area contributed by atoms with Crippen molar-refractivity contribution < 1.29 is 14.6 Å². The Labute approximate surface area is 254 Å². The topological polar surface area (TPSA) is 98.8 Å². The van der Waals surface area contributed by atoms with E-state index in [0.717, 1.165) is 33.2 Å². The number of hydrogen-bond donors (Lipinski definition) is 4. The summed E-state index contributed by atoms with van der Waals surface area (Å²) in [5.41, 5.74) is 5.85. The summed E-state index contributed by atoms with van der Waals surface area (Å²) in [6.07, 6.45) is 0. The smallest absolute Gasteiger partial charge is 0.323 e. The molecule has 2 amide bonds. The second-order valence-electron chi connectivity index (χ2n) is 9.55. The fourth-order valence-electron chi connectivity index (χ4n) is 4.88. The number of methoxy groups -OCH3 is 1. The van der Waals surface area contributed by atoms with Gasteiger partial charge < -0.3 is 30.7 Å². The summed E-state index contributed by atoms with van der Waals surface area (Å²) >= 11 is 11.8. The van der Waals surface area contributed by atoms with Crippen LogP contribution in [0.1, 0.15) is 5.56 Å². The zero-order chi connectivity index (χ0) is 29.5. The number of ether oxygens (including phenoxy) is 1. The van der Waals surface area contributed by atoms with Crippen LogP contribution in [0.25, 0.3) is 21.8 Å². The summed E-state index contributed by atoms with van der Waals surface area (Å²) in [5.74, 6) is 1.65. The van der Waals surface area contributed by atoms with Gasteiger partial charge in [-0.2, -0.15) is 0 Å². The molecular weight excluding hydrogens is 573 g/mol. The number of carbonyl (C=O) groups is 1. The molecule has 4 N–H and O–H groups in total. The Morgan fingerprint density at radius 3 is 2.26 bits per heavy atom. The van der Waals surface area contributed by atoms with E-state index in [0.29, 0.717) is 53.2 Å². The number of anilines is 5. The Morgan fingerprint density at radius 1 is 0.857 bits per heavy atom. The number of nitrogens with zero attached hydrogens (tertiary/aromatic N) is 2. The molecule has 0 saturated carbocycles. The number of hydrogen-bond acceptors (Lipinski definition) is 6. The van der Waals surface area contributed by atoms with Gasteiger partial charge in [-0.15, -0.1) is 23.2 Å². The van der Waals surface area contributed by atoms with E-state index < -0.39 is 6.03 Å². The van der Waals surface area contributed by atoms with E-state index in [1.165, 1.54) is 0 Å². The van der Waals surface area contributed by atoms with E-state index in [1.807, 2.05) is 78.9 Å². The van der Waals surface area contributed by atoms with E-state index in [1.54, 1.807) is 13.2 Å². The highest BCUT2D eigenvalue weighted by molar-refractivity contribution is 6.18. The lowest BCUT2D eigenvalue weighted by Crippen LogP contribution is -2.27. The number of fused-ring (bicyclic) bond motifs is 2. The molecule has 0 radical (unpaired) electrons. The largest absolute Gasteiger partial charge is 0.494 e. The molecule has 0 spiro atoms. The summed E-state index contributed by atoms with van der Waals surface area (Å²) in [4.78, 5) is 19.8. The van der Waals surface area contributed by atoms with Gasteiger partial charge in [0.2, 0.25) is 0 Å². The highest BCUT2D eigenvalue weighted by Crippen LogP contribution is 2.37. The van der Waals surface area contributed by atoms with Crippen LogP contribution in [0.3, 0.4) is 0 Å². The molecule has 1 heterocycles. The van der Waals surface area contributed by atoms with Gasteiger partial charge in [0.15, 0.2) is 0 Å². The Morgan fingerprint density at radius 2 is 1.55 bits per heavy atom. The molecule has 0 aliphatic heterocycles. The summed E-state index contributed by atoms with van der Waals surface area (Å²) in [6.45, 7) is 1.16. The molecule has 0 bridgehead atoms. The molecule has 42 heavy (non-hydrogen) atoms.